The van der Waals surface area contributed by atoms with E-state index in [1.165, 1.54) is 25.7 Å². The maximum absolute atomic E-state index is 5.66. The first-order valence-electron chi connectivity index (χ1n) is 7.95. The zero-order valence-electron chi connectivity index (χ0n) is 13.2. The van der Waals surface area contributed by atoms with E-state index in [0.29, 0.717) is 12.0 Å². The van der Waals surface area contributed by atoms with E-state index in [4.69, 9.17) is 4.74 Å². The summed E-state index contributed by atoms with van der Waals surface area (Å²) in [6.45, 7) is 2.46. The molecule has 2 saturated carbocycles. The topological polar surface area (TPSA) is 45.7 Å². The van der Waals surface area contributed by atoms with Crippen molar-refractivity contribution in [3.63, 3.8) is 0 Å². The minimum Gasteiger partial charge on any atom is -0.492 e. The molecule has 1 aromatic rings. The number of ether oxygens (including phenoxy) is 1. The van der Waals surface area contributed by atoms with Crippen molar-refractivity contribution in [2.75, 3.05) is 26.7 Å². The summed E-state index contributed by atoms with van der Waals surface area (Å²) in [5, 5.41) is 6.79. The van der Waals surface area contributed by atoms with E-state index < -0.39 is 0 Å². The fourth-order valence-electron chi connectivity index (χ4n) is 2.92. The van der Waals surface area contributed by atoms with Crippen LogP contribution in [0.15, 0.2) is 35.3 Å². The summed E-state index contributed by atoms with van der Waals surface area (Å²) in [6, 6.07) is 9.90. The highest BCUT2D eigenvalue weighted by Crippen LogP contribution is 2.60. The third-order valence-electron chi connectivity index (χ3n) is 4.57. The van der Waals surface area contributed by atoms with Crippen LogP contribution in [0.5, 0.6) is 5.75 Å². The molecule has 2 aliphatic rings. The number of para-hydroxylation sites is 1. The minimum absolute atomic E-state index is 0. The molecular formula is C17H26IN3O. The smallest absolute Gasteiger partial charge is 0.191 e. The Morgan fingerprint density at radius 2 is 1.95 bits per heavy atom. The Hall–Kier alpha value is -0.980. The van der Waals surface area contributed by atoms with Gasteiger partial charge in [0.25, 0.3) is 0 Å². The van der Waals surface area contributed by atoms with E-state index in [-0.39, 0.29) is 24.0 Å². The number of nitrogens with one attached hydrogen (secondary N) is 2. The highest BCUT2D eigenvalue weighted by Gasteiger charge is 2.53. The van der Waals surface area contributed by atoms with Crippen LogP contribution in [0.1, 0.15) is 25.7 Å². The van der Waals surface area contributed by atoms with Crippen molar-refractivity contribution in [1.82, 2.24) is 10.6 Å². The second kappa shape index (κ2) is 8.04. The van der Waals surface area contributed by atoms with Crippen LogP contribution in [0, 0.1) is 11.3 Å². The van der Waals surface area contributed by atoms with Crippen LogP contribution in [-0.2, 0) is 0 Å². The van der Waals surface area contributed by atoms with Gasteiger partial charge >= 0.3 is 0 Å². The maximum Gasteiger partial charge on any atom is 0.191 e. The second-order valence-corrected chi connectivity index (χ2v) is 6.15. The molecule has 22 heavy (non-hydrogen) atoms. The molecule has 0 aromatic heterocycles. The van der Waals surface area contributed by atoms with Crippen molar-refractivity contribution < 1.29 is 4.74 Å². The van der Waals surface area contributed by atoms with Gasteiger partial charge in [0.05, 0.1) is 6.54 Å². The zero-order chi connectivity index (χ0) is 14.5. The lowest BCUT2D eigenvalue weighted by Crippen LogP contribution is -2.42. The first-order valence-corrected chi connectivity index (χ1v) is 7.95. The predicted octanol–water partition coefficient (Wildman–Crippen LogP) is 3.04. The Kier molecular flexibility index (Phi) is 6.35. The summed E-state index contributed by atoms with van der Waals surface area (Å²) in [7, 11) is 1.82. The predicted molar refractivity (Wildman–Crippen MR) is 101 cm³/mol. The number of hydrogen-bond acceptors (Lipinski definition) is 2. The van der Waals surface area contributed by atoms with Crippen LogP contribution in [0.4, 0.5) is 0 Å². The highest BCUT2D eigenvalue weighted by atomic mass is 127. The van der Waals surface area contributed by atoms with Crippen LogP contribution in [0.2, 0.25) is 0 Å². The van der Waals surface area contributed by atoms with Crippen LogP contribution in [0.25, 0.3) is 0 Å². The summed E-state index contributed by atoms with van der Waals surface area (Å²) in [5.74, 6) is 2.77. The van der Waals surface area contributed by atoms with Gasteiger partial charge in [-0.3, -0.25) is 4.99 Å². The molecule has 0 saturated heterocycles. The summed E-state index contributed by atoms with van der Waals surface area (Å²) in [4.78, 5) is 4.28. The Balaban J connectivity index is 0.00000176. The molecule has 4 nitrogen and oxygen atoms in total. The average Bonchev–Trinajstić information content (AvgIpc) is 3.39. The molecule has 0 atom stereocenters. The quantitative estimate of drug-likeness (QED) is 0.312. The summed E-state index contributed by atoms with van der Waals surface area (Å²) in [5.41, 5.74) is 0.595. The second-order valence-electron chi connectivity index (χ2n) is 6.15. The highest BCUT2D eigenvalue weighted by molar-refractivity contribution is 14.0. The van der Waals surface area contributed by atoms with Crippen LogP contribution >= 0.6 is 24.0 Å². The SMILES string of the molecule is CN=C(NCCOc1ccccc1)NCC1(C2CC2)CC1.I. The fraction of sp³-hybridized carbons (Fsp3) is 0.588. The standard InChI is InChI=1S/C17H25N3O.HI/c1-18-16(20-13-17(9-10-17)14-7-8-14)19-11-12-21-15-5-3-2-4-6-15;/h2-6,14H,7-13H2,1H3,(H2,18,19,20);1H. The lowest BCUT2D eigenvalue weighted by atomic mass is 10.0. The van der Waals surface area contributed by atoms with Crippen molar-refractivity contribution >= 4 is 29.9 Å². The number of guanidine groups is 1. The largest absolute Gasteiger partial charge is 0.492 e. The molecule has 3 rings (SSSR count). The van der Waals surface area contributed by atoms with Gasteiger partial charge in [0.2, 0.25) is 0 Å². The molecule has 1 aromatic carbocycles. The van der Waals surface area contributed by atoms with Gasteiger partial charge in [-0.05, 0) is 49.1 Å². The van der Waals surface area contributed by atoms with E-state index in [9.17, 15) is 0 Å². The summed E-state index contributed by atoms with van der Waals surface area (Å²) >= 11 is 0. The van der Waals surface area contributed by atoms with Crippen molar-refractivity contribution in [2.45, 2.75) is 25.7 Å². The third-order valence-corrected chi connectivity index (χ3v) is 4.57. The molecule has 122 valence electrons. The van der Waals surface area contributed by atoms with Gasteiger partial charge in [-0.2, -0.15) is 0 Å². The van der Waals surface area contributed by atoms with Crippen molar-refractivity contribution in [2.24, 2.45) is 16.3 Å². The molecule has 0 bridgehead atoms. The lowest BCUT2D eigenvalue weighted by molar-refractivity contribution is 0.321. The minimum atomic E-state index is 0. The monoisotopic (exact) mass is 415 g/mol. The van der Waals surface area contributed by atoms with Crippen molar-refractivity contribution in [1.29, 1.82) is 0 Å². The molecule has 2 N–H and O–H groups in total. The summed E-state index contributed by atoms with van der Waals surface area (Å²) < 4.78 is 5.66. The van der Waals surface area contributed by atoms with E-state index in [1.54, 1.807) is 0 Å². The first-order chi connectivity index (χ1) is 10.3. The molecule has 5 heteroatoms. The summed E-state index contributed by atoms with van der Waals surface area (Å²) in [6.07, 6.45) is 5.63. The molecule has 0 spiro atoms. The number of benzene rings is 1. The first kappa shape index (κ1) is 17.4. The Morgan fingerprint density at radius 1 is 1.23 bits per heavy atom. The van der Waals surface area contributed by atoms with Crippen molar-refractivity contribution in [3.8, 4) is 5.75 Å². The van der Waals surface area contributed by atoms with Crippen molar-refractivity contribution in [3.05, 3.63) is 30.3 Å². The molecule has 0 aliphatic heterocycles. The maximum atomic E-state index is 5.66. The van der Waals surface area contributed by atoms with E-state index in [0.717, 1.165) is 30.7 Å². The Morgan fingerprint density at radius 3 is 2.55 bits per heavy atom. The molecular weight excluding hydrogens is 389 g/mol. The number of halogens is 1. The van der Waals surface area contributed by atoms with Crippen LogP contribution < -0.4 is 15.4 Å². The molecule has 2 fully saturated rings. The van der Waals surface area contributed by atoms with Gasteiger partial charge < -0.3 is 15.4 Å². The van der Waals surface area contributed by atoms with Gasteiger partial charge in [0.1, 0.15) is 12.4 Å². The molecule has 0 radical (unpaired) electrons. The van der Waals surface area contributed by atoms with Gasteiger partial charge in [0.15, 0.2) is 5.96 Å². The van der Waals surface area contributed by atoms with E-state index >= 15 is 0 Å². The number of nitrogens with zero attached hydrogens (tertiary/aromatic N) is 1. The van der Waals surface area contributed by atoms with Gasteiger partial charge in [-0.25, -0.2) is 0 Å². The molecule has 0 heterocycles. The molecule has 0 amide bonds. The zero-order valence-corrected chi connectivity index (χ0v) is 15.5. The van der Waals surface area contributed by atoms with Crippen LogP contribution in [0.3, 0.4) is 0 Å². The van der Waals surface area contributed by atoms with Gasteiger partial charge in [-0.1, -0.05) is 18.2 Å². The van der Waals surface area contributed by atoms with E-state index in [2.05, 4.69) is 15.6 Å². The molecule has 0 unspecified atom stereocenters. The number of hydrogen-bond donors (Lipinski definition) is 2. The lowest BCUT2D eigenvalue weighted by Gasteiger charge is -2.18. The third kappa shape index (κ3) is 4.76. The van der Waals surface area contributed by atoms with Gasteiger partial charge in [0, 0.05) is 13.6 Å². The normalized spacial score (nSPS) is 19.0. The Bertz CT molecular complexity index is 484. The van der Waals surface area contributed by atoms with Gasteiger partial charge in [-0.15, -0.1) is 24.0 Å². The number of rotatable bonds is 7. The van der Waals surface area contributed by atoms with Crippen LogP contribution in [-0.4, -0.2) is 32.7 Å². The van der Waals surface area contributed by atoms with E-state index in [1.807, 2.05) is 37.4 Å². The average molecular weight is 415 g/mol. The number of aliphatic imine (C=N–C) groups is 1. The Labute approximate surface area is 150 Å². The fourth-order valence-corrected chi connectivity index (χ4v) is 2.92. The molecule has 2 aliphatic carbocycles.